The Bertz CT molecular complexity index is 791. The Morgan fingerprint density at radius 2 is 1.82 bits per heavy atom. The van der Waals surface area contributed by atoms with E-state index in [0.717, 1.165) is 70.4 Å². The number of nitrogens with one attached hydrogen (secondary N) is 1. The van der Waals surface area contributed by atoms with Crippen molar-refractivity contribution < 1.29 is 0 Å². The van der Waals surface area contributed by atoms with Crippen LogP contribution in [0.1, 0.15) is 62.5 Å². The fourth-order valence-corrected chi connectivity index (χ4v) is 5.62. The lowest BCUT2D eigenvalue weighted by Gasteiger charge is -2.32. The van der Waals surface area contributed by atoms with E-state index in [1.54, 1.807) is 0 Å². The summed E-state index contributed by atoms with van der Waals surface area (Å²) in [6.07, 6.45) is 11.4. The van der Waals surface area contributed by atoms with Crippen LogP contribution in [0, 0.1) is 18.3 Å². The molecule has 0 spiro atoms. The zero-order valence-corrected chi connectivity index (χ0v) is 21.4. The van der Waals surface area contributed by atoms with Crippen molar-refractivity contribution in [1.29, 1.82) is 5.41 Å². The van der Waals surface area contributed by atoms with Gasteiger partial charge in [0.05, 0.1) is 12.6 Å². The van der Waals surface area contributed by atoms with Gasteiger partial charge >= 0.3 is 0 Å². The van der Waals surface area contributed by atoms with Crippen LogP contribution in [0.3, 0.4) is 0 Å². The molecular weight excluding hydrogens is 428 g/mol. The first-order valence-corrected chi connectivity index (χ1v) is 12.8. The maximum Gasteiger partial charge on any atom is 0.193 e. The first-order valence-electron chi connectivity index (χ1n) is 12.8. The second-order valence-electron chi connectivity index (χ2n) is 10.0. The quantitative estimate of drug-likeness (QED) is 0.506. The Morgan fingerprint density at radius 1 is 1.06 bits per heavy atom. The summed E-state index contributed by atoms with van der Waals surface area (Å²) < 4.78 is 0. The summed E-state index contributed by atoms with van der Waals surface area (Å²) in [6.45, 7) is 8.01. The van der Waals surface area contributed by atoms with Gasteiger partial charge in [0.15, 0.2) is 11.9 Å². The molecule has 1 saturated carbocycles. The van der Waals surface area contributed by atoms with Gasteiger partial charge in [-0.05, 0) is 56.9 Å². The number of unbranched alkanes of at least 4 members (excludes halogenated alkanes) is 1. The molecule has 0 aromatic heterocycles. The van der Waals surface area contributed by atoms with Gasteiger partial charge < -0.3 is 20.4 Å². The number of guanidine groups is 2. The molecule has 3 aliphatic rings. The molecule has 1 saturated heterocycles. The van der Waals surface area contributed by atoms with E-state index in [-0.39, 0.29) is 13.5 Å². The maximum atomic E-state index is 8.58. The van der Waals surface area contributed by atoms with Crippen LogP contribution >= 0.6 is 13.5 Å². The van der Waals surface area contributed by atoms with Crippen molar-refractivity contribution in [2.75, 3.05) is 39.3 Å². The highest BCUT2D eigenvalue weighted by molar-refractivity contribution is 7.59. The molecule has 33 heavy (non-hydrogen) atoms. The number of aliphatic imine (C=N–C) groups is 1. The van der Waals surface area contributed by atoms with Crippen molar-refractivity contribution in [3.63, 3.8) is 0 Å². The van der Waals surface area contributed by atoms with Crippen molar-refractivity contribution in [2.45, 2.75) is 70.8 Å². The lowest BCUT2D eigenvalue weighted by atomic mass is 9.88. The second-order valence-corrected chi connectivity index (χ2v) is 10.0. The van der Waals surface area contributed by atoms with E-state index >= 15 is 0 Å². The lowest BCUT2D eigenvalue weighted by Crippen LogP contribution is -2.43. The summed E-state index contributed by atoms with van der Waals surface area (Å²) in [5.41, 5.74) is 8.92. The number of hydrogen-bond donors (Lipinski definition) is 2. The molecule has 2 fully saturated rings. The van der Waals surface area contributed by atoms with E-state index in [2.05, 4.69) is 50.9 Å². The van der Waals surface area contributed by atoms with Crippen LogP contribution in [-0.2, 0) is 6.42 Å². The van der Waals surface area contributed by atoms with Gasteiger partial charge in [-0.15, -0.1) is 0 Å². The van der Waals surface area contributed by atoms with E-state index < -0.39 is 0 Å². The van der Waals surface area contributed by atoms with Crippen LogP contribution in [0.25, 0.3) is 0 Å². The zero-order chi connectivity index (χ0) is 22.3. The van der Waals surface area contributed by atoms with Crippen LogP contribution < -0.4 is 5.73 Å². The standard InChI is InChI=1S/C26H42N6.H2S/c1-21-8-7-11-22(18-21)13-15-31-17-16-30(26(31)28)14-6-5-12-24-19-29-25(27)32(24)20-23-9-3-2-4-10-23;/h7-8,11,18,23-24,28H,2-6,9-10,12-17,19-20H2,1H3,(H2,27,29);1H2/t24-;/m0./s1. The van der Waals surface area contributed by atoms with Crippen LogP contribution in [0.4, 0.5) is 0 Å². The van der Waals surface area contributed by atoms with Crippen molar-refractivity contribution >= 4 is 25.4 Å². The van der Waals surface area contributed by atoms with Crippen molar-refractivity contribution in [1.82, 2.24) is 14.7 Å². The number of nitrogens with two attached hydrogens (primary N) is 1. The molecule has 2 heterocycles. The highest BCUT2D eigenvalue weighted by Gasteiger charge is 2.29. The minimum Gasteiger partial charge on any atom is -0.370 e. The molecule has 1 aromatic carbocycles. The SMILES string of the molecule is Cc1cccc(CCN2CCN(CCCC[C@H]3CN=C(N)N3CC3CCCCC3)C2=N)c1.S. The van der Waals surface area contributed by atoms with Crippen LogP contribution in [0.2, 0.25) is 0 Å². The van der Waals surface area contributed by atoms with E-state index in [9.17, 15) is 0 Å². The van der Waals surface area contributed by atoms with Gasteiger partial charge in [-0.25, -0.2) is 0 Å². The molecule has 184 valence electrons. The Kier molecular flexibility index (Phi) is 9.78. The number of rotatable bonds is 10. The Balaban J connectivity index is 0.00000306. The summed E-state index contributed by atoms with van der Waals surface area (Å²) >= 11 is 0. The normalized spacial score (nSPS) is 21.5. The highest BCUT2D eigenvalue weighted by atomic mass is 32.1. The predicted octanol–water partition coefficient (Wildman–Crippen LogP) is 3.95. The van der Waals surface area contributed by atoms with Crippen molar-refractivity contribution in [2.24, 2.45) is 16.6 Å². The average molecular weight is 473 g/mol. The molecular formula is C26H44N6S. The third-order valence-corrected chi connectivity index (χ3v) is 7.59. The first-order chi connectivity index (χ1) is 15.6. The topological polar surface area (TPSA) is 72.0 Å². The maximum absolute atomic E-state index is 8.58. The van der Waals surface area contributed by atoms with E-state index in [0.29, 0.717) is 12.0 Å². The van der Waals surface area contributed by atoms with Crippen LogP contribution in [0.15, 0.2) is 29.3 Å². The monoisotopic (exact) mass is 472 g/mol. The van der Waals surface area contributed by atoms with E-state index in [1.807, 2.05) is 0 Å². The Hall–Kier alpha value is -1.89. The Labute approximate surface area is 207 Å². The Morgan fingerprint density at radius 3 is 2.58 bits per heavy atom. The van der Waals surface area contributed by atoms with Gasteiger partial charge in [-0.2, -0.15) is 13.5 Å². The number of aryl methyl sites for hydroxylation is 1. The van der Waals surface area contributed by atoms with Crippen LogP contribution in [0.5, 0.6) is 0 Å². The van der Waals surface area contributed by atoms with Crippen LogP contribution in [-0.4, -0.2) is 71.9 Å². The van der Waals surface area contributed by atoms with Gasteiger partial charge in [-0.3, -0.25) is 10.4 Å². The third-order valence-electron chi connectivity index (χ3n) is 7.59. The summed E-state index contributed by atoms with van der Waals surface area (Å²) in [6, 6.07) is 9.21. The zero-order valence-electron chi connectivity index (χ0n) is 20.4. The molecule has 2 aliphatic heterocycles. The van der Waals surface area contributed by atoms with Gasteiger partial charge in [0.25, 0.3) is 0 Å². The molecule has 0 amide bonds. The molecule has 1 atom stereocenters. The predicted molar refractivity (Wildman–Crippen MR) is 144 cm³/mol. The summed E-state index contributed by atoms with van der Waals surface area (Å²) in [7, 11) is 0. The summed E-state index contributed by atoms with van der Waals surface area (Å²) in [5, 5.41) is 8.58. The van der Waals surface area contributed by atoms with Gasteiger partial charge in [0.2, 0.25) is 0 Å². The average Bonchev–Trinajstić information content (AvgIpc) is 3.33. The number of hydrogen-bond acceptors (Lipinski definition) is 4. The third kappa shape index (κ3) is 7.05. The molecule has 4 rings (SSSR count). The molecule has 1 aliphatic carbocycles. The molecule has 3 N–H and O–H groups in total. The van der Waals surface area contributed by atoms with Crippen molar-refractivity contribution in [3.8, 4) is 0 Å². The second kappa shape index (κ2) is 12.5. The minimum atomic E-state index is 0. The van der Waals surface area contributed by atoms with E-state index in [1.165, 1.54) is 49.7 Å². The largest absolute Gasteiger partial charge is 0.370 e. The smallest absolute Gasteiger partial charge is 0.193 e. The molecule has 0 bridgehead atoms. The number of benzene rings is 1. The molecule has 1 aromatic rings. The van der Waals surface area contributed by atoms with Crippen molar-refractivity contribution in [3.05, 3.63) is 35.4 Å². The fourth-order valence-electron chi connectivity index (χ4n) is 5.62. The molecule has 0 radical (unpaired) electrons. The first kappa shape index (κ1) is 25.7. The van der Waals surface area contributed by atoms with E-state index in [4.69, 9.17) is 11.1 Å². The van der Waals surface area contributed by atoms with Gasteiger partial charge in [0.1, 0.15) is 0 Å². The summed E-state index contributed by atoms with van der Waals surface area (Å²) in [4.78, 5) is 11.5. The number of nitrogens with zero attached hydrogens (tertiary/aromatic N) is 4. The summed E-state index contributed by atoms with van der Waals surface area (Å²) in [5.74, 6) is 2.28. The lowest BCUT2D eigenvalue weighted by molar-refractivity contribution is 0.233. The van der Waals surface area contributed by atoms with Gasteiger partial charge in [0, 0.05) is 32.7 Å². The molecule has 7 heteroatoms. The minimum absolute atomic E-state index is 0. The molecule has 0 unspecified atom stereocenters. The fraction of sp³-hybridized carbons (Fsp3) is 0.692. The highest BCUT2D eigenvalue weighted by Crippen LogP contribution is 2.27. The van der Waals surface area contributed by atoms with Gasteiger partial charge in [-0.1, -0.05) is 49.1 Å². The molecule has 6 nitrogen and oxygen atoms in total.